The molecule has 5 heteroatoms. The number of aryl methyl sites for hydroxylation is 1. The fraction of sp³-hybridized carbons (Fsp3) is 0.222. The van der Waals surface area contributed by atoms with Crippen molar-refractivity contribution in [3.63, 3.8) is 0 Å². The summed E-state index contributed by atoms with van der Waals surface area (Å²) in [5.41, 5.74) is 2.07. The van der Waals surface area contributed by atoms with Crippen LogP contribution in [-0.2, 0) is 11.2 Å². The number of hydrogen-bond acceptors (Lipinski definition) is 2. The standard InChI is InChI=1S/C18H19FN2O2/c1-2-4-13-7-9-16(10-8-13)21-17(22)12-20-18(23)14-5-3-6-15(19)11-14/h3,5-11H,2,4,12H2,1H3,(H,20,23)(H,21,22). The van der Waals surface area contributed by atoms with E-state index in [0.717, 1.165) is 18.9 Å². The summed E-state index contributed by atoms with van der Waals surface area (Å²) in [6.45, 7) is 1.93. The van der Waals surface area contributed by atoms with Gasteiger partial charge in [0, 0.05) is 11.3 Å². The predicted molar refractivity (Wildman–Crippen MR) is 87.8 cm³/mol. The molecule has 0 fully saturated rings. The fourth-order valence-electron chi connectivity index (χ4n) is 2.14. The lowest BCUT2D eigenvalue weighted by molar-refractivity contribution is -0.115. The van der Waals surface area contributed by atoms with Crippen LogP contribution in [0.25, 0.3) is 0 Å². The van der Waals surface area contributed by atoms with Crippen LogP contribution in [0.4, 0.5) is 10.1 Å². The lowest BCUT2D eigenvalue weighted by atomic mass is 10.1. The van der Waals surface area contributed by atoms with Crippen LogP contribution in [0.3, 0.4) is 0 Å². The molecule has 0 saturated heterocycles. The maximum absolute atomic E-state index is 13.0. The molecule has 4 nitrogen and oxygen atoms in total. The summed E-state index contributed by atoms with van der Waals surface area (Å²) in [5.74, 6) is -1.31. The Hall–Kier alpha value is -2.69. The Balaban J connectivity index is 1.84. The van der Waals surface area contributed by atoms with Crippen LogP contribution in [-0.4, -0.2) is 18.4 Å². The monoisotopic (exact) mass is 314 g/mol. The molecule has 2 N–H and O–H groups in total. The van der Waals surface area contributed by atoms with Gasteiger partial charge in [-0.3, -0.25) is 9.59 Å². The molecule has 23 heavy (non-hydrogen) atoms. The Labute approximate surface area is 134 Å². The van der Waals surface area contributed by atoms with Crippen molar-refractivity contribution in [1.29, 1.82) is 0 Å². The topological polar surface area (TPSA) is 58.2 Å². The minimum atomic E-state index is -0.491. The first kappa shape index (κ1) is 16.7. The number of benzene rings is 2. The van der Waals surface area contributed by atoms with Crippen LogP contribution in [0.15, 0.2) is 48.5 Å². The smallest absolute Gasteiger partial charge is 0.251 e. The van der Waals surface area contributed by atoms with Crippen molar-refractivity contribution in [2.45, 2.75) is 19.8 Å². The Kier molecular flexibility index (Phi) is 5.86. The van der Waals surface area contributed by atoms with E-state index >= 15 is 0 Å². The zero-order valence-corrected chi connectivity index (χ0v) is 12.9. The van der Waals surface area contributed by atoms with E-state index in [2.05, 4.69) is 17.6 Å². The minimum Gasteiger partial charge on any atom is -0.343 e. The number of hydrogen-bond donors (Lipinski definition) is 2. The van der Waals surface area contributed by atoms with E-state index in [1.54, 1.807) is 0 Å². The van der Waals surface area contributed by atoms with Crippen LogP contribution in [0.5, 0.6) is 0 Å². The number of halogens is 1. The quantitative estimate of drug-likeness (QED) is 0.860. The summed E-state index contributed by atoms with van der Waals surface area (Å²) in [5, 5.41) is 5.16. The summed E-state index contributed by atoms with van der Waals surface area (Å²) in [7, 11) is 0. The van der Waals surface area contributed by atoms with Gasteiger partial charge in [0.25, 0.3) is 5.91 Å². The second kappa shape index (κ2) is 8.08. The molecule has 2 amide bonds. The molecule has 2 aromatic rings. The third-order valence-electron chi connectivity index (χ3n) is 3.27. The van der Waals surface area contributed by atoms with Crippen molar-refractivity contribution >= 4 is 17.5 Å². The second-order valence-electron chi connectivity index (χ2n) is 5.19. The molecule has 2 aromatic carbocycles. The first-order valence-electron chi connectivity index (χ1n) is 7.51. The summed E-state index contributed by atoms with van der Waals surface area (Å²) < 4.78 is 13.0. The maximum Gasteiger partial charge on any atom is 0.251 e. The van der Waals surface area contributed by atoms with E-state index in [1.807, 2.05) is 24.3 Å². The van der Waals surface area contributed by atoms with Crippen LogP contribution < -0.4 is 10.6 Å². The van der Waals surface area contributed by atoms with Crippen molar-refractivity contribution in [2.75, 3.05) is 11.9 Å². The third-order valence-corrected chi connectivity index (χ3v) is 3.27. The van der Waals surface area contributed by atoms with Crippen molar-refractivity contribution in [3.05, 3.63) is 65.5 Å². The van der Waals surface area contributed by atoms with Crippen LogP contribution >= 0.6 is 0 Å². The highest BCUT2D eigenvalue weighted by molar-refractivity contribution is 5.99. The maximum atomic E-state index is 13.0. The number of amides is 2. The highest BCUT2D eigenvalue weighted by Crippen LogP contribution is 2.10. The van der Waals surface area contributed by atoms with Crippen molar-refractivity contribution in [1.82, 2.24) is 5.32 Å². The van der Waals surface area contributed by atoms with Gasteiger partial charge in [-0.15, -0.1) is 0 Å². The van der Waals surface area contributed by atoms with Gasteiger partial charge in [-0.1, -0.05) is 31.5 Å². The number of rotatable bonds is 6. The average molecular weight is 314 g/mol. The highest BCUT2D eigenvalue weighted by atomic mass is 19.1. The highest BCUT2D eigenvalue weighted by Gasteiger charge is 2.09. The second-order valence-corrected chi connectivity index (χ2v) is 5.19. The zero-order valence-electron chi connectivity index (χ0n) is 12.9. The molecule has 0 aliphatic rings. The molecule has 0 atom stereocenters. The van der Waals surface area contributed by atoms with Crippen LogP contribution in [0.1, 0.15) is 29.3 Å². The van der Waals surface area contributed by atoms with Gasteiger partial charge in [-0.2, -0.15) is 0 Å². The first-order chi connectivity index (χ1) is 11.1. The van der Waals surface area contributed by atoms with Crippen molar-refractivity contribution in [2.24, 2.45) is 0 Å². The SMILES string of the molecule is CCCc1ccc(NC(=O)CNC(=O)c2cccc(F)c2)cc1. The van der Waals surface area contributed by atoms with Gasteiger partial charge in [-0.25, -0.2) is 4.39 Å². The predicted octanol–water partition coefficient (Wildman–Crippen LogP) is 3.15. The lowest BCUT2D eigenvalue weighted by Gasteiger charge is -2.08. The zero-order chi connectivity index (χ0) is 16.7. The fourth-order valence-corrected chi connectivity index (χ4v) is 2.14. The van der Waals surface area contributed by atoms with Gasteiger partial charge in [0.1, 0.15) is 5.82 Å². The largest absolute Gasteiger partial charge is 0.343 e. The summed E-state index contributed by atoms with van der Waals surface area (Å²) >= 11 is 0. The van der Waals surface area contributed by atoms with Crippen molar-refractivity contribution in [3.8, 4) is 0 Å². The van der Waals surface area contributed by atoms with Crippen LogP contribution in [0.2, 0.25) is 0 Å². The Morgan fingerprint density at radius 3 is 2.48 bits per heavy atom. The minimum absolute atomic E-state index is 0.175. The van der Waals surface area contributed by atoms with E-state index in [9.17, 15) is 14.0 Å². The van der Waals surface area contributed by atoms with Gasteiger partial charge in [0.15, 0.2) is 0 Å². The van der Waals surface area contributed by atoms with Gasteiger partial charge in [-0.05, 0) is 42.3 Å². The number of nitrogens with one attached hydrogen (secondary N) is 2. The Morgan fingerprint density at radius 1 is 1.09 bits per heavy atom. The van der Waals surface area contributed by atoms with Gasteiger partial charge < -0.3 is 10.6 Å². The third kappa shape index (κ3) is 5.21. The molecule has 0 saturated carbocycles. The molecule has 0 radical (unpaired) electrons. The van der Waals surface area contributed by atoms with E-state index in [4.69, 9.17) is 0 Å². The van der Waals surface area contributed by atoms with Crippen molar-refractivity contribution < 1.29 is 14.0 Å². The molecule has 0 unspecified atom stereocenters. The first-order valence-corrected chi connectivity index (χ1v) is 7.51. The van der Waals surface area contributed by atoms with E-state index in [1.165, 1.54) is 23.8 Å². The number of carbonyl (C=O) groups excluding carboxylic acids is 2. The molecule has 0 bridgehead atoms. The van der Waals surface area contributed by atoms with Gasteiger partial charge in [0.2, 0.25) is 5.91 Å². The Bertz CT molecular complexity index is 684. The number of carbonyl (C=O) groups is 2. The molecule has 120 valence electrons. The van der Waals surface area contributed by atoms with E-state index in [-0.39, 0.29) is 18.0 Å². The summed E-state index contributed by atoms with van der Waals surface area (Å²) in [6.07, 6.45) is 2.07. The van der Waals surface area contributed by atoms with Gasteiger partial charge >= 0.3 is 0 Å². The summed E-state index contributed by atoms with van der Waals surface area (Å²) in [6, 6.07) is 12.9. The molecule has 0 spiro atoms. The van der Waals surface area contributed by atoms with E-state index in [0.29, 0.717) is 5.69 Å². The molecular formula is C18H19FN2O2. The van der Waals surface area contributed by atoms with Gasteiger partial charge in [0.05, 0.1) is 6.54 Å². The molecule has 0 aliphatic carbocycles. The van der Waals surface area contributed by atoms with Crippen LogP contribution in [0, 0.1) is 5.82 Å². The molecule has 0 heterocycles. The molecule has 2 rings (SSSR count). The van der Waals surface area contributed by atoms with E-state index < -0.39 is 11.7 Å². The molecule has 0 aliphatic heterocycles. The Morgan fingerprint density at radius 2 is 1.83 bits per heavy atom. The normalized spacial score (nSPS) is 10.2. The molecular weight excluding hydrogens is 295 g/mol. The summed E-state index contributed by atoms with van der Waals surface area (Å²) in [4.78, 5) is 23.6. The number of anilines is 1. The lowest BCUT2D eigenvalue weighted by Crippen LogP contribution is -2.32. The average Bonchev–Trinajstić information content (AvgIpc) is 2.55. The molecule has 0 aromatic heterocycles.